The number of carbonyl (C=O) groups excluding carboxylic acids is 1. The van der Waals surface area contributed by atoms with Gasteiger partial charge in [0.1, 0.15) is 5.69 Å². The molecule has 0 radical (unpaired) electrons. The number of ether oxygens (including phenoxy) is 4. The van der Waals surface area contributed by atoms with E-state index in [-0.39, 0.29) is 5.69 Å². The molecule has 0 aliphatic heterocycles. The van der Waals surface area contributed by atoms with Crippen LogP contribution in [0.5, 0.6) is 23.0 Å². The van der Waals surface area contributed by atoms with Gasteiger partial charge in [-0.3, -0.25) is 9.89 Å². The molecule has 9 heteroatoms. The Morgan fingerprint density at radius 1 is 1.00 bits per heavy atom. The molecule has 1 amide bonds. The van der Waals surface area contributed by atoms with E-state index in [1.54, 1.807) is 57.7 Å². The van der Waals surface area contributed by atoms with Gasteiger partial charge in [-0.05, 0) is 55.0 Å². The van der Waals surface area contributed by atoms with Gasteiger partial charge in [-0.2, -0.15) is 10.2 Å². The van der Waals surface area contributed by atoms with Gasteiger partial charge in [0.25, 0.3) is 5.91 Å². The Morgan fingerprint density at radius 2 is 1.71 bits per heavy atom. The van der Waals surface area contributed by atoms with Crippen molar-refractivity contribution in [2.45, 2.75) is 6.92 Å². The number of hydrogen-bond acceptors (Lipinski definition) is 7. The van der Waals surface area contributed by atoms with E-state index in [9.17, 15) is 4.79 Å². The maximum absolute atomic E-state index is 12.4. The molecule has 1 heterocycles. The molecular formula is C22H24N4O5. The van der Waals surface area contributed by atoms with Gasteiger partial charge in [-0.25, -0.2) is 5.43 Å². The summed E-state index contributed by atoms with van der Waals surface area (Å²) in [6.45, 7) is 2.44. The van der Waals surface area contributed by atoms with Crippen LogP contribution in [-0.2, 0) is 0 Å². The number of nitrogens with zero attached hydrogens (tertiary/aromatic N) is 2. The third-order valence-corrected chi connectivity index (χ3v) is 4.37. The van der Waals surface area contributed by atoms with E-state index in [1.165, 1.54) is 6.21 Å². The Balaban J connectivity index is 1.69. The molecule has 31 heavy (non-hydrogen) atoms. The van der Waals surface area contributed by atoms with E-state index in [2.05, 4.69) is 20.7 Å². The highest BCUT2D eigenvalue weighted by molar-refractivity contribution is 5.94. The van der Waals surface area contributed by atoms with Crippen LogP contribution in [0.3, 0.4) is 0 Å². The van der Waals surface area contributed by atoms with Crippen molar-refractivity contribution >= 4 is 12.1 Å². The number of aromatic nitrogens is 2. The molecular weight excluding hydrogens is 400 g/mol. The van der Waals surface area contributed by atoms with Crippen LogP contribution in [0.25, 0.3) is 11.3 Å². The minimum absolute atomic E-state index is 0.271. The monoisotopic (exact) mass is 424 g/mol. The van der Waals surface area contributed by atoms with Gasteiger partial charge < -0.3 is 18.9 Å². The topological polar surface area (TPSA) is 107 Å². The molecule has 162 valence electrons. The normalized spacial score (nSPS) is 10.7. The van der Waals surface area contributed by atoms with E-state index in [4.69, 9.17) is 18.9 Å². The van der Waals surface area contributed by atoms with Crippen LogP contribution >= 0.6 is 0 Å². The molecule has 0 fully saturated rings. The highest BCUT2D eigenvalue weighted by Gasteiger charge is 2.13. The molecule has 0 saturated carbocycles. The first-order valence-corrected chi connectivity index (χ1v) is 9.51. The second-order valence-electron chi connectivity index (χ2n) is 6.28. The number of hydrogen-bond donors (Lipinski definition) is 2. The second kappa shape index (κ2) is 10.1. The lowest BCUT2D eigenvalue weighted by atomic mass is 10.1. The number of methoxy groups -OCH3 is 3. The summed E-state index contributed by atoms with van der Waals surface area (Å²) in [7, 11) is 4.69. The van der Waals surface area contributed by atoms with Crippen molar-refractivity contribution in [1.29, 1.82) is 0 Å². The molecule has 9 nitrogen and oxygen atoms in total. The lowest BCUT2D eigenvalue weighted by Crippen LogP contribution is -2.18. The predicted molar refractivity (Wildman–Crippen MR) is 116 cm³/mol. The molecule has 2 aromatic carbocycles. The number of carbonyl (C=O) groups is 1. The zero-order valence-corrected chi connectivity index (χ0v) is 17.8. The SMILES string of the molecule is CCOc1ccc(-c2cc(C(=O)NN=Cc3ccc(OC)c(OC)c3)[nH]n2)cc1OC. The number of amides is 1. The molecule has 0 aliphatic rings. The van der Waals surface area contributed by atoms with Crippen molar-refractivity contribution in [3.05, 3.63) is 53.7 Å². The van der Waals surface area contributed by atoms with Crippen LogP contribution in [0.15, 0.2) is 47.6 Å². The number of nitrogens with one attached hydrogen (secondary N) is 2. The second-order valence-corrected chi connectivity index (χ2v) is 6.28. The lowest BCUT2D eigenvalue weighted by Gasteiger charge is -2.09. The zero-order chi connectivity index (χ0) is 22.2. The summed E-state index contributed by atoms with van der Waals surface area (Å²) in [5, 5.41) is 10.9. The van der Waals surface area contributed by atoms with Crippen molar-refractivity contribution in [3.8, 4) is 34.3 Å². The van der Waals surface area contributed by atoms with Gasteiger partial charge >= 0.3 is 0 Å². The molecule has 3 aromatic rings. The van der Waals surface area contributed by atoms with Crippen LogP contribution in [0.2, 0.25) is 0 Å². The Labute approximate surface area is 180 Å². The van der Waals surface area contributed by atoms with Crippen LogP contribution in [0.1, 0.15) is 23.0 Å². The average molecular weight is 424 g/mol. The van der Waals surface area contributed by atoms with Gasteiger partial charge in [0.2, 0.25) is 0 Å². The van der Waals surface area contributed by atoms with Crippen molar-refractivity contribution < 1.29 is 23.7 Å². The molecule has 0 atom stereocenters. The maximum atomic E-state index is 12.4. The van der Waals surface area contributed by atoms with Crippen molar-refractivity contribution in [3.63, 3.8) is 0 Å². The van der Waals surface area contributed by atoms with Crippen LogP contribution < -0.4 is 24.4 Å². The summed E-state index contributed by atoms with van der Waals surface area (Å²) in [5.74, 6) is 1.99. The van der Waals surface area contributed by atoms with Gasteiger partial charge in [-0.1, -0.05) is 0 Å². The highest BCUT2D eigenvalue weighted by atomic mass is 16.5. The van der Waals surface area contributed by atoms with E-state index in [0.29, 0.717) is 35.3 Å². The fourth-order valence-electron chi connectivity index (χ4n) is 2.85. The minimum Gasteiger partial charge on any atom is -0.493 e. The molecule has 0 aliphatic carbocycles. The Hall–Kier alpha value is -4.01. The first-order chi connectivity index (χ1) is 15.1. The molecule has 1 aromatic heterocycles. The molecule has 0 saturated heterocycles. The summed E-state index contributed by atoms with van der Waals surface area (Å²) in [5.41, 5.74) is 4.86. The fourth-order valence-corrected chi connectivity index (χ4v) is 2.85. The number of rotatable bonds is 9. The number of hydrazone groups is 1. The third-order valence-electron chi connectivity index (χ3n) is 4.37. The zero-order valence-electron chi connectivity index (χ0n) is 17.8. The third kappa shape index (κ3) is 5.13. The van der Waals surface area contributed by atoms with Gasteiger partial charge in [-0.15, -0.1) is 0 Å². The van der Waals surface area contributed by atoms with Crippen molar-refractivity contribution in [2.24, 2.45) is 5.10 Å². The minimum atomic E-state index is -0.423. The van der Waals surface area contributed by atoms with E-state index in [0.717, 1.165) is 11.1 Å². The van der Waals surface area contributed by atoms with Crippen LogP contribution in [0.4, 0.5) is 0 Å². The van der Waals surface area contributed by atoms with Gasteiger partial charge in [0.05, 0.1) is 39.8 Å². The van der Waals surface area contributed by atoms with Gasteiger partial charge in [0, 0.05) is 5.56 Å². The standard InChI is InChI=1S/C22H24N4O5/c1-5-31-19-9-7-15(11-21(19)30-4)16-12-17(25-24-16)22(27)26-23-13-14-6-8-18(28-2)20(10-14)29-3/h6-13H,5H2,1-4H3,(H,24,25)(H,26,27). The molecule has 0 unspecified atom stereocenters. The Kier molecular flexibility index (Phi) is 7.10. The Morgan fingerprint density at radius 3 is 2.42 bits per heavy atom. The predicted octanol–water partition coefficient (Wildman–Crippen LogP) is 3.27. The number of benzene rings is 2. The summed E-state index contributed by atoms with van der Waals surface area (Å²) < 4.78 is 21.3. The quantitative estimate of drug-likeness (QED) is 0.403. The average Bonchev–Trinajstić information content (AvgIpc) is 3.29. The molecule has 0 bridgehead atoms. The van der Waals surface area contributed by atoms with E-state index < -0.39 is 5.91 Å². The molecule has 3 rings (SSSR count). The fraction of sp³-hybridized carbons (Fsp3) is 0.227. The first-order valence-electron chi connectivity index (χ1n) is 9.51. The first kappa shape index (κ1) is 21.7. The van der Waals surface area contributed by atoms with Gasteiger partial charge in [0.15, 0.2) is 23.0 Å². The highest BCUT2D eigenvalue weighted by Crippen LogP contribution is 2.32. The van der Waals surface area contributed by atoms with E-state index >= 15 is 0 Å². The smallest absolute Gasteiger partial charge is 0.289 e. The number of H-pyrrole nitrogens is 1. The summed E-state index contributed by atoms with van der Waals surface area (Å²) >= 11 is 0. The largest absolute Gasteiger partial charge is 0.493 e. The van der Waals surface area contributed by atoms with Crippen molar-refractivity contribution in [2.75, 3.05) is 27.9 Å². The van der Waals surface area contributed by atoms with Crippen molar-refractivity contribution in [1.82, 2.24) is 15.6 Å². The van der Waals surface area contributed by atoms with Crippen LogP contribution in [0, 0.1) is 0 Å². The Bertz CT molecular complexity index is 1080. The summed E-state index contributed by atoms with van der Waals surface area (Å²) in [6, 6.07) is 12.4. The maximum Gasteiger partial charge on any atom is 0.289 e. The number of aromatic amines is 1. The van der Waals surface area contributed by atoms with E-state index in [1.807, 2.05) is 13.0 Å². The molecule has 2 N–H and O–H groups in total. The lowest BCUT2D eigenvalue weighted by molar-refractivity contribution is 0.0950. The summed E-state index contributed by atoms with van der Waals surface area (Å²) in [6.07, 6.45) is 1.51. The molecule has 0 spiro atoms. The summed E-state index contributed by atoms with van der Waals surface area (Å²) in [4.78, 5) is 12.4. The van der Waals surface area contributed by atoms with Crippen LogP contribution in [-0.4, -0.2) is 50.3 Å².